The number of hydrogen-bond acceptors (Lipinski definition) is 3. The smallest absolute Gasteiger partial charge is 0.142 e. The van der Waals surface area contributed by atoms with Gasteiger partial charge in [0.2, 0.25) is 0 Å². The van der Waals surface area contributed by atoms with Gasteiger partial charge in [0.1, 0.15) is 11.5 Å². The van der Waals surface area contributed by atoms with E-state index in [0.29, 0.717) is 0 Å². The normalized spacial score (nSPS) is 11.8. The fourth-order valence-electron chi connectivity index (χ4n) is 4.17. The lowest BCUT2D eigenvalue weighted by Crippen LogP contribution is -2.09. The summed E-state index contributed by atoms with van der Waals surface area (Å²) in [5.41, 5.74) is 5.75. The molecule has 1 aliphatic rings. The molecule has 0 saturated carbocycles. The van der Waals surface area contributed by atoms with Gasteiger partial charge in [0.05, 0.1) is 9.79 Å². The van der Waals surface area contributed by atoms with Crippen molar-refractivity contribution in [2.75, 3.05) is 4.90 Å². The Bertz CT molecular complexity index is 1360. The summed E-state index contributed by atoms with van der Waals surface area (Å²) in [5, 5.41) is 0. The second-order valence-corrected chi connectivity index (χ2v) is 8.89. The summed E-state index contributed by atoms with van der Waals surface area (Å²) < 4.78 is 6.19. The Labute approximate surface area is 198 Å². The average molecular weight is 444 g/mol. The van der Waals surface area contributed by atoms with Crippen molar-refractivity contribution in [3.63, 3.8) is 0 Å². The van der Waals surface area contributed by atoms with Gasteiger partial charge in [0, 0.05) is 17.1 Å². The van der Waals surface area contributed by atoms with E-state index in [0.717, 1.165) is 38.4 Å². The number of rotatable bonds is 4. The van der Waals surface area contributed by atoms with Crippen LogP contribution in [-0.2, 0) is 0 Å². The molecule has 0 saturated heterocycles. The number of hydrogen-bond donors (Lipinski definition) is 0. The van der Waals surface area contributed by atoms with Crippen molar-refractivity contribution < 1.29 is 4.74 Å². The maximum absolute atomic E-state index is 6.19. The number of nitrogens with zero attached hydrogens (tertiary/aromatic N) is 1. The van der Waals surface area contributed by atoms with Gasteiger partial charge in [-0.25, -0.2) is 0 Å². The van der Waals surface area contributed by atoms with Crippen molar-refractivity contribution in [2.45, 2.75) is 9.79 Å². The Hall–Kier alpha value is -3.95. The molecule has 2 nitrogen and oxygen atoms in total. The molecule has 158 valence electrons. The molecule has 0 aliphatic carbocycles. The Morgan fingerprint density at radius 2 is 1.06 bits per heavy atom. The van der Waals surface area contributed by atoms with E-state index < -0.39 is 0 Å². The first kappa shape index (κ1) is 19.7. The Morgan fingerprint density at radius 1 is 0.485 bits per heavy atom. The van der Waals surface area contributed by atoms with Gasteiger partial charge in [0.15, 0.2) is 0 Å². The zero-order valence-corrected chi connectivity index (χ0v) is 18.7. The fraction of sp³-hybridized carbons (Fsp3) is 0. The minimum atomic E-state index is 0.912. The third kappa shape index (κ3) is 3.77. The summed E-state index contributed by atoms with van der Waals surface area (Å²) in [4.78, 5) is 4.58. The molecule has 0 radical (unpaired) electrons. The highest BCUT2D eigenvalue weighted by Gasteiger charge is 2.21. The average Bonchev–Trinajstić information content (AvgIpc) is 2.89. The lowest BCUT2D eigenvalue weighted by molar-refractivity contribution is 0.455. The lowest BCUT2D eigenvalue weighted by Gasteiger charge is -2.26. The maximum atomic E-state index is 6.19. The summed E-state index contributed by atoms with van der Waals surface area (Å²) in [6.45, 7) is 0. The minimum Gasteiger partial charge on any atom is -0.455 e. The summed E-state index contributed by atoms with van der Waals surface area (Å²) in [7, 11) is 0. The van der Waals surface area contributed by atoms with Crippen LogP contribution in [0.15, 0.2) is 137 Å². The van der Waals surface area contributed by atoms with Crippen molar-refractivity contribution in [1.82, 2.24) is 0 Å². The van der Waals surface area contributed by atoms with Gasteiger partial charge in [0.25, 0.3) is 0 Å². The zero-order chi connectivity index (χ0) is 22.0. The molecule has 0 aromatic heterocycles. The molecule has 5 aromatic rings. The topological polar surface area (TPSA) is 12.5 Å². The van der Waals surface area contributed by atoms with Crippen LogP contribution in [0.2, 0.25) is 0 Å². The number of fused-ring (bicyclic) bond motifs is 2. The van der Waals surface area contributed by atoms with Crippen LogP contribution in [0.1, 0.15) is 0 Å². The summed E-state index contributed by atoms with van der Waals surface area (Å²) in [5.74, 6) is 1.83. The Balaban J connectivity index is 1.39. The molecule has 6 rings (SSSR count). The van der Waals surface area contributed by atoms with Crippen LogP contribution in [0.5, 0.6) is 11.5 Å². The largest absolute Gasteiger partial charge is 0.455 e. The van der Waals surface area contributed by atoms with Crippen molar-refractivity contribution in [1.29, 1.82) is 0 Å². The van der Waals surface area contributed by atoms with Crippen LogP contribution in [0.3, 0.4) is 0 Å². The second-order valence-electron chi connectivity index (χ2n) is 7.84. The molecular weight excluding hydrogens is 422 g/mol. The van der Waals surface area contributed by atoms with Crippen molar-refractivity contribution in [2.24, 2.45) is 0 Å². The van der Waals surface area contributed by atoms with E-state index in [-0.39, 0.29) is 0 Å². The zero-order valence-electron chi connectivity index (χ0n) is 17.9. The van der Waals surface area contributed by atoms with Gasteiger partial charge in [-0.1, -0.05) is 84.6 Å². The van der Waals surface area contributed by atoms with Crippen LogP contribution < -0.4 is 9.64 Å². The molecule has 33 heavy (non-hydrogen) atoms. The number of anilines is 3. The SMILES string of the molecule is c1ccc(N(c2ccccc2)c2ccc(-c3cccc4c3Sc3ccccc3O4)cc2)cc1. The Kier molecular flexibility index (Phi) is 5.10. The first-order valence-electron chi connectivity index (χ1n) is 11.0. The first-order chi connectivity index (χ1) is 16.4. The molecule has 5 aromatic carbocycles. The van der Waals surface area contributed by atoms with Crippen molar-refractivity contribution in [3.8, 4) is 22.6 Å². The van der Waals surface area contributed by atoms with E-state index in [9.17, 15) is 0 Å². The Morgan fingerprint density at radius 3 is 1.76 bits per heavy atom. The van der Waals surface area contributed by atoms with E-state index in [1.807, 2.05) is 30.3 Å². The molecule has 1 heterocycles. The van der Waals surface area contributed by atoms with Gasteiger partial charge < -0.3 is 9.64 Å². The quantitative estimate of drug-likeness (QED) is 0.270. The van der Waals surface area contributed by atoms with Gasteiger partial charge in [-0.3, -0.25) is 0 Å². The highest BCUT2D eigenvalue weighted by molar-refractivity contribution is 7.99. The molecule has 0 spiro atoms. The predicted octanol–water partition coefficient (Wildman–Crippen LogP) is 9.08. The standard InChI is InChI=1S/C30H21NOS/c1-3-10-23(11-4-1)31(24-12-5-2-6-13-24)25-20-18-22(19-21-25)26-14-9-16-28-30(26)33-29-17-8-7-15-27(29)32-28/h1-21H. The lowest BCUT2D eigenvalue weighted by atomic mass is 10.0. The van der Waals surface area contributed by atoms with E-state index in [2.05, 4.69) is 102 Å². The van der Waals surface area contributed by atoms with Crippen LogP contribution >= 0.6 is 11.8 Å². The molecule has 1 aliphatic heterocycles. The minimum absolute atomic E-state index is 0.912. The van der Waals surface area contributed by atoms with Gasteiger partial charge >= 0.3 is 0 Å². The summed E-state index contributed by atoms with van der Waals surface area (Å²) in [6, 6.07) is 44.2. The molecule has 0 bridgehead atoms. The van der Waals surface area contributed by atoms with E-state index >= 15 is 0 Å². The number of para-hydroxylation sites is 3. The fourth-order valence-corrected chi connectivity index (χ4v) is 5.25. The predicted molar refractivity (Wildman–Crippen MR) is 137 cm³/mol. The second kappa shape index (κ2) is 8.53. The van der Waals surface area contributed by atoms with Crippen molar-refractivity contribution in [3.05, 3.63) is 127 Å². The van der Waals surface area contributed by atoms with Crippen LogP contribution in [0.25, 0.3) is 11.1 Å². The van der Waals surface area contributed by atoms with Crippen molar-refractivity contribution >= 4 is 28.8 Å². The molecule has 0 atom stereocenters. The highest BCUT2D eigenvalue weighted by Crippen LogP contribution is 2.50. The molecule has 0 fully saturated rings. The molecule has 3 heteroatoms. The number of ether oxygens (including phenoxy) is 1. The van der Waals surface area contributed by atoms with Gasteiger partial charge in [-0.15, -0.1) is 0 Å². The first-order valence-corrected chi connectivity index (χ1v) is 11.8. The molecule has 0 N–H and O–H groups in total. The summed E-state index contributed by atoms with van der Waals surface area (Å²) in [6.07, 6.45) is 0. The molecular formula is C30H21NOS. The van der Waals surface area contributed by atoms with E-state index in [1.54, 1.807) is 11.8 Å². The molecule has 0 unspecified atom stereocenters. The summed E-state index contributed by atoms with van der Waals surface area (Å²) >= 11 is 1.77. The van der Waals surface area contributed by atoms with Gasteiger partial charge in [-0.05, 0) is 65.7 Å². The third-order valence-corrected chi connectivity index (χ3v) is 6.91. The van der Waals surface area contributed by atoms with Crippen LogP contribution in [-0.4, -0.2) is 0 Å². The monoisotopic (exact) mass is 443 g/mol. The third-order valence-electron chi connectivity index (χ3n) is 5.73. The molecule has 0 amide bonds. The number of benzene rings is 5. The van der Waals surface area contributed by atoms with Crippen LogP contribution in [0, 0.1) is 0 Å². The van der Waals surface area contributed by atoms with Crippen LogP contribution in [0.4, 0.5) is 17.1 Å². The van der Waals surface area contributed by atoms with E-state index in [4.69, 9.17) is 4.74 Å². The van der Waals surface area contributed by atoms with E-state index in [1.165, 1.54) is 11.1 Å². The maximum Gasteiger partial charge on any atom is 0.142 e. The highest BCUT2D eigenvalue weighted by atomic mass is 32.2. The van der Waals surface area contributed by atoms with Gasteiger partial charge in [-0.2, -0.15) is 0 Å².